The molecule has 0 spiro atoms. The number of aliphatic hydroxyl groups excluding tert-OH is 1. The van der Waals surface area contributed by atoms with Crippen LogP contribution in [0.3, 0.4) is 0 Å². The van der Waals surface area contributed by atoms with Crippen molar-refractivity contribution in [1.82, 2.24) is 0 Å². The van der Waals surface area contributed by atoms with Gasteiger partial charge in [0.15, 0.2) is 0 Å². The summed E-state index contributed by atoms with van der Waals surface area (Å²) >= 11 is 0. The topological polar surface area (TPSA) is 20.2 Å². The van der Waals surface area contributed by atoms with Crippen LogP contribution in [0.15, 0.2) is 11.6 Å². The van der Waals surface area contributed by atoms with Gasteiger partial charge in [-0.15, -0.1) is 0 Å². The van der Waals surface area contributed by atoms with Crippen molar-refractivity contribution < 1.29 is 5.11 Å². The quantitative estimate of drug-likeness (QED) is 0.700. The summed E-state index contributed by atoms with van der Waals surface area (Å²) in [4.78, 5) is 0. The van der Waals surface area contributed by atoms with Crippen molar-refractivity contribution in [1.29, 1.82) is 0 Å². The normalized spacial score (nSPS) is 21.7. The molecular formula is C14H26O. The van der Waals surface area contributed by atoms with Gasteiger partial charge in [-0.25, -0.2) is 0 Å². The first-order valence-corrected chi connectivity index (χ1v) is 6.09. The van der Waals surface area contributed by atoms with Crippen molar-refractivity contribution in [3.63, 3.8) is 0 Å². The van der Waals surface area contributed by atoms with Crippen LogP contribution in [0.2, 0.25) is 0 Å². The fraction of sp³-hybridized carbons (Fsp3) is 0.857. The Balaban J connectivity index is 2.73. The number of aliphatic hydroxyl groups is 1. The van der Waals surface area contributed by atoms with Gasteiger partial charge in [-0.05, 0) is 38.5 Å². The summed E-state index contributed by atoms with van der Waals surface area (Å²) in [5.74, 6) is 0. The molecule has 1 aliphatic rings. The van der Waals surface area contributed by atoms with Gasteiger partial charge in [0.1, 0.15) is 0 Å². The molecule has 1 fully saturated rings. The lowest BCUT2D eigenvalue weighted by Crippen LogP contribution is -2.47. The minimum absolute atomic E-state index is 0.00983. The van der Waals surface area contributed by atoms with Crippen molar-refractivity contribution in [2.45, 2.75) is 66.4 Å². The van der Waals surface area contributed by atoms with Gasteiger partial charge in [-0.3, -0.25) is 0 Å². The molecule has 0 bridgehead atoms. The molecule has 1 atom stereocenters. The molecule has 1 saturated carbocycles. The molecule has 0 aliphatic heterocycles. The van der Waals surface area contributed by atoms with Crippen molar-refractivity contribution in [3.05, 3.63) is 11.6 Å². The number of hydrogen-bond acceptors (Lipinski definition) is 1. The van der Waals surface area contributed by atoms with E-state index in [1.54, 1.807) is 0 Å². The lowest BCUT2D eigenvalue weighted by Gasteiger charge is -2.50. The van der Waals surface area contributed by atoms with E-state index in [0.717, 1.165) is 6.42 Å². The number of hydrogen-bond donors (Lipinski definition) is 1. The van der Waals surface area contributed by atoms with Crippen LogP contribution >= 0.6 is 0 Å². The van der Waals surface area contributed by atoms with E-state index in [-0.39, 0.29) is 16.9 Å². The van der Waals surface area contributed by atoms with Crippen LogP contribution in [-0.4, -0.2) is 11.2 Å². The molecule has 0 radical (unpaired) electrons. The minimum atomic E-state index is -0.172. The molecule has 1 nitrogen and oxygen atoms in total. The molecule has 0 heterocycles. The summed E-state index contributed by atoms with van der Waals surface area (Å²) in [6.07, 6.45) is 6.82. The predicted octanol–water partition coefficient (Wildman–Crippen LogP) is 3.92. The second kappa shape index (κ2) is 4.29. The van der Waals surface area contributed by atoms with Crippen molar-refractivity contribution in [3.8, 4) is 0 Å². The van der Waals surface area contributed by atoms with Crippen molar-refractivity contribution >= 4 is 0 Å². The Morgan fingerprint density at radius 2 is 1.87 bits per heavy atom. The van der Waals surface area contributed by atoms with E-state index in [4.69, 9.17) is 0 Å². The van der Waals surface area contributed by atoms with Crippen LogP contribution in [0.4, 0.5) is 0 Å². The number of allylic oxidation sites excluding steroid dienone is 2. The second-order valence-electron chi connectivity index (χ2n) is 6.47. The highest BCUT2D eigenvalue weighted by atomic mass is 16.3. The molecule has 1 heteroatoms. The van der Waals surface area contributed by atoms with Crippen LogP contribution in [0.1, 0.15) is 60.3 Å². The van der Waals surface area contributed by atoms with E-state index in [9.17, 15) is 5.11 Å². The molecule has 0 unspecified atom stereocenters. The minimum Gasteiger partial charge on any atom is -0.392 e. The van der Waals surface area contributed by atoms with E-state index >= 15 is 0 Å². The van der Waals surface area contributed by atoms with Gasteiger partial charge in [0, 0.05) is 5.41 Å². The van der Waals surface area contributed by atoms with E-state index in [1.165, 1.54) is 24.8 Å². The average Bonchev–Trinajstić information content (AvgIpc) is 1.99. The predicted molar refractivity (Wildman–Crippen MR) is 65.8 cm³/mol. The molecule has 1 aliphatic carbocycles. The maximum Gasteiger partial charge on any atom is 0.0647 e. The van der Waals surface area contributed by atoms with Gasteiger partial charge in [0.05, 0.1) is 6.10 Å². The summed E-state index contributed by atoms with van der Waals surface area (Å²) < 4.78 is 0. The first-order chi connectivity index (χ1) is 6.78. The second-order valence-corrected chi connectivity index (χ2v) is 6.47. The highest BCUT2D eigenvalue weighted by Crippen LogP contribution is 2.51. The third kappa shape index (κ3) is 2.84. The summed E-state index contributed by atoms with van der Waals surface area (Å²) in [6, 6.07) is 0. The largest absolute Gasteiger partial charge is 0.392 e. The zero-order valence-electron chi connectivity index (χ0n) is 10.9. The highest BCUT2D eigenvalue weighted by Gasteiger charge is 2.46. The van der Waals surface area contributed by atoms with E-state index in [0.29, 0.717) is 0 Å². The van der Waals surface area contributed by atoms with Crippen LogP contribution in [0.25, 0.3) is 0 Å². The average molecular weight is 210 g/mol. The Morgan fingerprint density at radius 3 is 2.13 bits per heavy atom. The molecule has 1 rings (SSSR count). The Hall–Kier alpha value is -0.300. The smallest absolute Gasteiger partial charge is 0.0647 e. The lowest BCUT2D eigenvalue weighted by atomic mass is 9.58. The molecular weight excluding hydrogens is 184 g/mol. The van der Waals surface area contributed by atoms with Crippen LogP contribution in [-0.2, 0) is 0 Å². The molecule has 15 heavy (non-hydrogen) atoms. The molecule has 0 aromatic carbocycles. The summed E-state index contributed by atoms with van der Waals surface area (Å²) in [5.41, 5.74) is 1.55. The zero-order chi connectivity index (χ0) is 11.7. The van der Waals surface area contributed by atoms with Gasteiger partial charge in [0.25, 0.3) is 0 Å². The van der Waals surface area contributed by atoms with Crippen LogP contribution in [0, 0.1) is 10.8 Å². The maximum absolute atomic E-state index is 10.4. The van der Waals surface area contributed by atoms with Gasteiger partial charge in [0.2, 0.25) is 0 Å². The monoisotopic (exact) mass is 210 g/mol. The fourth-order valence-corrected chi connectivity index (χ4v) is 2.55. The Labute approximate surface area is 94.6 Å². The highest BCUT2D eigenvalue weighted by molar-refractivity contribution is 5.05. The third-order valence-corrected chi connectivity index (χ3v) is 3.67. The third-order valence-electron chi connectivity index (χ3n) is 3.67. The summed E-state index contributed by atoms with van der Waals surface area (Å²) in [6.45, 7) is 10.7. The molecule has 0 amide bonds. The first kappa shape index (κ1) is 12.8. The first-order valence-electron chi connectivity index (χ1n) is 6.09. The van der Waals surface area contributed by atoms with Crippen LogP contribution in [0.5, 0.6) is 0 Å². The Bertz CT molecular complexity index is 237. The van der Waals surface area contributed by atoms with Crippen molar-refractivity contribution in [2.24, 2.45) is 10.8 Å². The van der Waals surface area contributed by atoms with Gasteiger partial charge in [-0.2, -0.15) is 0 Å². The zero-order valence-corrected chi connectivity index (χ0v) is 10.9. The standard InChI is InChI=1S/C14H26O/c1-11(2)7-10-14(8-6-9-14)12(15)13(3,4)5/h7,12,15H,6,8-10H2,1-5H3/t12-/m1/s1. The maximum atomic E-state index is 10.4. The van der Waals surface area contributed by atoms with Gasteiger partial charge in [-0.1, -0.05) is 38.8 Å². The molecule has 88 valence electrons. The van der Waals surface area contributed by atoms with Crippen molar-refractivity contribution in [2.75, 3.05) is 0 Å². The van der Waals surface area contributed by atoms with E-state index in [2.05, 4.69) is 40.7 Å². The SMILES string of the molecule is CC(C)=CCC1([C@H](O)C(C)(C)C)CCC1. The molecule has 0 saturated heterocycles. The lowest BCUT2D eigenvalue weighted by molar-refractivity contribution is -0.0918. The Morgan fingerprint density at radius 1 is 1.33 bits per heavy atom. The van der Waals surface area contributed by atoms with E-state index in [1.807, 2.05) is 0 Å². The van der Waals surface area contributed by atoms with Crippen LogP contribution < -0.4 is 0 Å². The van der Waals surface area contributed by atoms with Gasteiger partial charge < -0.3 is 5.11 Å². The molecule has 0 aromatic rings. The molecule has 0 aromatic heterocycles. The van der Waals surface area contributed by atoms with Gasteiger partial charge >= 0.3 is 0 Å². The van der Waals surface area contributed by atoms with E-state index < -0.39 is 0 Å². The summed E-state index contributed by atoms with van der Waals surface area (Å²) in [7, 11) is 0. The number of rotatable bonds is 3. The molecule has 1 N–H and O–H groups in total. The summed E-state index contributed by atoms with van der Waals surface area (Å²) in [5, 5.41) is 10.4. The Kier molecular flexibility index (Phi) is 3.65. The fourth-order valence-electron chi connectivity index (χ4n) is 2.55.